The van der Waals surface area contributed by atoms with Gasteiger partial charge in [-0.25, -0.2) is 9.97 Å². The molecule has 0 radical (unpaired) electrons. The lowest BCUT2D eigenvalue weighted by molar-refractivity contribution is 0.0955. The number of carbonyl (C=O) groups excluding carboxylic acids is 1. The molecule has 0 unspecified atom stereocenters. The molecule has 0 saturated carbocycles. The molecule has 2 aromatic rings. The van der Waals surface area contributed by atoms with E-state index in [1.54, 1.807) is 30.6 Å². The van der Waals surface area contributed by atoms with E-state index in [4.69, 9.17) is 5.11 Å². The topological polar surface area (TPSA) is 87.1 Å². The second-order valence-corrected chi connectivity index (χ2v) is 3.80. The summed E-state index contributed by atoms with van der Waals surface area (Å²) >= 11 is 0. The van der Waals surface area contributed by atoms with E-state index in [0.29, 0.717) is 24.6 Å². The molecule has 1 aromatic carbocycles. The minimum absolute atomic E-state index is 0.138. The number of rotatable bonds is 5. The van der Waals surface area contributed by atoms with E-state index in [1.165, 1.54) is 12.1 Å². The van der Waals surface area contributed by atoms with Gasteiger partial charge in [0.15, 0.2) is 0 Å². The summed E-state index contributed by atoms with van der Waals surface area (Å²) in [6.07, 6.45) is 3.29. The Balaban J connectivity index is 1.74. The second kappa shape index (κ2) is 6.34. The third-order valence-electron chi connectivity index (χ3n) is 2.39. The fourth-order valence-electron chi connectivity index (χ4n) is 1.46. The van der Waals surface area contributed by atoms with Crippen molar-refractivity contribution in [3.63, 3.8) is 0 Å². The molecule has 19 heavy (non-hydrogen) atoms. The molecule has 1 amide bonds. The van der Waals surface area contributed by atoms with Crippen molar-refractivity contribution in [2.45, 2.75) is 0 Å². The monoisotopic (exact) mass is 258 g/mol. The Morgan fingerprint density at radius 1 is 1.11 bits per heavy atom. The van der Waals surface area contributed by atoms with Crippen LogP contribution in [0, 0.1) is 0 Å². The van der Waals surface area contributed by atoms with Crippen LogP contribution in [0.1, 0.15) is 10.4 Å². The molecule has 0 aliphatic rings. The molecule has 1 heterocycles. The highest BCUT2D eigenvalue weighted by atomic mass is 16.3. The third-order valence-corrected chi connectivity index (χ3v) is 2.39. The first-order chi connectivity index (χ1) is 9.25. The van der Waals surface area contributed by atoms with Crippen molar-refractivity contribution < 1.29 is 9.90 Å². The number of nitrogens with zero attached hydrogens (tertiary/aromatic N) is 2. The highest BCUT2D eigenvalue weighted by Gasteiger charge is 2.04. The van der Waals surface area contributed by atoms with E-state index in [9.17, 15) is 4.79 Å². The van der Waals surface area contributed by atoms with Crippen LogP contribution in [0.5, 0.6) is 5.75 Å². The first-order valence-corrected chi connectivity index (χ1v) is 5.84. The van der Waals surface area contributed by atoms with E-state index in [0.717, 1.165) is 0 Å². The summed E-state index contributed by atoms with van der Waals surface area (Å²) in [6.45, 7) is 0.992. The summed E-state index contributed by atoms with van der Waals surface area (Å²) in [5.41, 5.74) is 0.508. The first kappa shape index (κ1) is 12.8. The maximum Gasteiger partial charge on any atom is 0.251 e. The van der Waals surface area contributed by atoms with Gasteiger partial charge in [0, 0.05) is 31.0 Å². The van der Waals surface area contributed by atoms with Crippen LogP contribution < -0.4 is 10.6 Å². The van der Waals surface area contributed by atoms with E-state index < -0.39 is 0 Å². The van der Waals surface area contributed by atoms with Crippen LogP contribution in [0.25, 0.3) is 0 Å². The lowest BCUT2D eigenvalue weighted by Crippen LogP contribution is -2.28. The van der Waals surface area contributed by atoms with Crippen LogP contribution in [0.2, 0.25) is 0 Å². The van der Waals surface area contributed by atoms with Gasteiger partial charge in [-0.05, 0) is 30.3 Å². The molecule has 6 heteroatoms. The van der Waals surface area contributed by atoms with Crippen LogP contribution in [-0.4, -0.2) is 34.1 Å². The van der Waals surface area contributed by atoms with Crippen LogP contribution in [0.4, 0.5) is 5.95 Å². The zero-order valence-electron chi connectivity index (χ0n) is 10.2. The maximum atomic E-state index is 11.7. The van der Waals surface area contributed by atoms with Crippen LogP contribution in [0.3, 0.4) is 0 Å². The van der Waals surface area contributed by atoms with E-state index in [1.807, 2.05) is 0 Å². The lowest BCUT2D eigenvalue weighted by Gasteiger charge is -2.06. The van der Waals surface area contributed by atoms with Gasteiger partial charge in [-0.15, -0.1) is 0 Å². The van der Waals surface area contributed by atoms with Crippen molar-refractivity contribution in [3.8, 4) is 5.75 Å². The zero-order valence-corrected chi connectivity index (χ0v) is 10.2. The summed E-state index contributed by atoms with van der Waals surface area (Å²) in [4.78, 5) is 19.7. The Bertz CT molecular complexity index is 528. The summed E-state index contributed by atoms with van der Waals surface area (Å²) < 4.78 is 0. The van der Waals surface area contributed by atoms with Crippen LogP contribution in [-0.2, 0) is 0 Å². The Morgan fingerprint density at radius 3 is 2.47 bits per heavy atom. The van der Waals surface area contributed by atoms with Gasteiger partial charge in [0.25, 0.3) is 5.91 Å². The molecule has 0 bridgehead atoms. The van der Waals surface area contributed by atoms with Crippen molar-refractivity contribution >= 4 is 11.9 Å². The number of aromatic nitrogens is 2. The highest BCUT2D eigenvalue weighted by Crippen LogP contribution is 2.09. The average Bonchev–Trinajstić information content (AvgIpc) is 2.45. The average molecular weight is 258 g/mol. The molecular weight excluding hydrogens is 244 g/mol. The second-order valence-electron chi connectivity index (χ2n) is 3.80. The Hall–Kier alpha value is -2.63. The molecular formula is C13H14N4O2. The van der Waals surface area contributed by atoms with Gasteiger partial charge in [0.05, 0.1) is 0 Å². The number of anilines is 1. The van der Waals surface area contributed by atoms with E-state index in [2.05, 4.69) is 20.6 Å². The predicted octanol–water partition coefficient (Wildman–Crippen LogP) is 1.02. The summed E-state index contributed by atoms with van der Waals surface area (Å²) in [7, 11) is 0. The van der Waals surface area contributed by atoms with Gasteiger partial charge >= 0.3 is 0 Å². The molecule has 0 aliphatic heterocycles. The van der Waals surface area contributed by atoms with Gasteiger partial charge in [0.2, 0.25) is 5.95 Å². The summed E-state index contributed by atoms with van der Waals surface area (Å²) in [6, 6.07) is 7.82. The fourth-order valence-corrected chi connectivity index (χ4v) is 1.46. The first-order valence-electron chi connectivity index (χ1n) is 5.84. The lowest BCUT2D eigenvalue weighted by atomic mass is 10.2. The van der Waals surface area contributed by atoms with Crippen molar-refractivity contribution in [3.05, 3.63) is 48.3 Å². The van der Waals surface area contributed by atoms with Gasteiger partial charge in [-0.1, -0.05) is 0 Å². The highest BCUT2D eigenvalue weighted by molar-refractivity contribution is 5.94. The number of hydrogen-bond donors (Lipinski definition) is 3. The Morgan fingerprint density at radius 2 is 1.79 bits per heavy atom. The van der Waals surface area contributed by atoms with Gasteiger partial charge in [0.1, 0.15) is 5.75 Å². The molecule has 98 valence electrons. The predicted molar refractivity (Wildman–Crippen MR) is 71.0 cm³/mol. The number of amides is 1. The minimum atomic E-state index is -0.184. The maximum absolute atomic E-state index is 11.7. The van der Waals surface area contributed by atoms with Crippen LogP contribution in [0.15, 0.2) is 42.7 Å². The number of phenols is 1. The summed E-state index contributed by atoms with van der Waals surface area (Å²) in [5.74, 6) is 0.483. The SMILES string of the molecule is O=C(NCCNc1ncccn1)c1ccc(O)cc1. The minimum Gasteiger partial charge on any atom is -0.508 e. The molecule has 0 aliphatic carbocycles. The van der Waals surface area contributed by atoms with E-state index >= 15 is 0 Å². The number of phenolic OH excluding ortho intramolecular Hbond substituents is 1. The van der Waals surface area contributed by atoms with Crippen molar-refractivity contribution in [1.29, 1.82) is 0 Å². The van der Waals surface area contributed by atoms with Crippen LogP contribution >= 0.6 is 0 Å². The van der Waals surface area contributed by atoms with Crippen molar-refractivity contribution in [1.82, 2.24) is 15.3 Å². The molecule has 0 atom stereocenters. The number of aromatic hydroxyl groups is 1. The Kier molecular flexibility index (Phi) is 4.28. The van der Waals surface area contributed by atoms with Gasteiger partial charge in [-0.3, -0.25) is 4.79 Å². The molecule has 0 saturated heterocycles. The zero-order chi connectivity index (χ0) is 13.5. The van der Waals surface area contributed by atoms with Gasteiger partial charge in [-0.2, -0.15) is 0 Å². The fraction of sp³-hybridized carbons (Fsp3) is 0.154. The quantitative estimate of drug-likeness (QED) is 0.697. The number of benzene rings is 1. The third kappa shape index (κ3) is 3.95. The Labute approximate surface area is 110 Å². The number of hydrogen-bond acceptors (Lipinski definition) is 5. The molecule has 6 nitrogen and oxygen atoms in total. The van der Waals surface area contributed by atoms with E-state index in [-0.39, 0.29) is 11.7 Å². The smallest absolute Gasteiger partial charge is 0.251 e. The molecule has 1 aromatic heterocycles. The molecule has 2 rings (SSSR count). The molecule has 0 spiro atoms. The standard InChI is InChI=1S/C13H14N4O2/c18-11-4-2-10(3-5-11)12(19)14-8-9-17-13-15-6-1-7-16-13/h1-7,18H,8-9H2,(H,14,19)(H,15,16,17). The molecule has 0 fully saturated rings. The number of nitrogens with one attached hydrogen (secondary N) is 2. The summed E-state index contributed by atoms with van der Waals surface area (Å²) in [5, 5.41) is 14.9. The van der Waals surface area contributed by atoms with Gasteiger partial charge < -0.3 is 15.7 Å². The normalized spacial score (nSPS) is 9.89. The largest absolute Gasteiger partial charge is 0.508 e. The van der Waals surface area contributed by atoms with Crippen molar-refractivity contribution in [2.24, 2.45) is 0 Å². The van der Waals surface area contributed by atoms with Crippen molar-refractivity contribution in [2.75, 3.05) is 18.4 Å². The number of carbonyl (C=O) groups is 1. The molecule has 3 N–H and O–H groups in total.